The zero-order valence-corrected chi connectivity index (χ0v) is 17.9. The Labute approximate surface area is 170 Å². The zero-order chi connectivity index (χ0) is 17.5. The molecule has 0 amide bonds. The van der Waals surface area contributed by atoms with Gasteiger partial charge in [-0.05, 0) is 38.1 Å². The number of guanidine groups is 1. The van der Waals surface area contributed by atoms with Crippen molar-refractivity contribution in [3.05, 3.63) is 40.9 Å². The highest BCUT2D eigenvalue weighted by Gasteiger charge is 2.08. The number of nitrogens with zero attached hydrogens (tertiary/aromatic N) is 4. The Hall–Kier alpha value is -1.55. The van der Waals surface area contributed by atoms with Gasteiger partial charge >= 0.3 is 0 Å². The lowest BCUT2D eigenvalue weighted by Crippen LogP contribution is -2.41. The summed E-state index contributed by atoms with van der Waals surface area (Å²) >= 11 is 5.86. The summed E-state index contributed by atoms with van der Waals surface area (Å²) in [6.45, 7) is 5.06. The van der Waals surface area contributed by atoms with E-state index in [4.69, 9.17) is 16.3 Å². The number of nitrogens with one attached hydrogen (secondary N) is 2. The lowest BCUT2D eigenvalue weighted by molar-refractivity contribution is 0.224. The highest BCUT2D eigenvalue weighted by molar-refractivity contribution is 14.0. The topological polar surface area (TPSA) is 76.4 Å². The first kappa shape index (κ1) is 21.5. The van der Waals surface area contributed by atoms with E-state index in [1.54, 1.807) is 19.2 Å². The van der Waals surface area contributed by atoms with Crippen molar-refractivity contribution in [2.45, 2.75) is 26.5 Å². The fourth-order valence-corrected chi connectivity index (χ4v) is 2.14. The lowest BCUT2D eigenvalue weighted by atomic mass is 10.3. The van der Waals surface area contributed by atoms with Crippen LogP contribution in [-0.2, 0) is 13.6 Å². The molecule has 1 heterocycles. The second-order valence-electron chi connectivity index (χ2n) is 5.41. The maximum Gasteiger partial charge on any atom is 0.191 e. The van der Waals surface area contributed by atoms with E-state index < -0.39 is 0 Å². The van der Waals surface area contributed by atoms with Gasteiger partial charge in [0.1, 0.15) is 17.7 Å². The number of rotatable bonds is 6. The SMILES string of the molecule is CN=C(NCc1nnc(C)n1C)NCC(C)Oc1ccc(Cl)cc1.I. The number of halogens is 2. The van der Waals surface area contributed by atoms with E-state index >= 15 is 0 Å². The molecule has 1 unspecified atom stereocenters. The van der Waals surface area contributed by atoms with Crippen molar-refractivity contribution in [3.63, 3.8) is 0 Å². The van der Waals surface area contributed by atoms with Gasteiger partial charge in [-0.15, -0.1) is 34.2 Å². The van der Waals surface area contributed by atoms with Crippen LogP contribution in [-0.4, -0.2) is 40.4 Å². The second-order valence-corrected chi connectivity index (χ2v) is 5.85. The molecule has 0 radical (unpaired) electrons. The summed E-state index contributed by atoms with van der Waals surface area (Å²) in [6, 6.07) is 7.31. The van der Waals surface area contributed by atoms with E-state index in [1.807, 2.05) is 37.6 Å². The molecule has 0 saturated heterocycles. The monoisotopic (exact) mass is 478 g/mol. The second kappa shape index (κ2) is 10.4. The molecule has 9 heteroatoms. The van der Waals surface area contributed by atoms with Crippen LogP contribution < -0.4 is 15.4 Å². The van der Waals surface area contributed by atoms with Crippen molar-refractivity contribution in [3.8, 4) is 5.75 Å². The Morgan fingerprint density at radius 2 is 1.96 bits per heavy atom. The molecule has 1 atom stereocenters. The van der Waals surface area contributed by atoms with Crippen LogP contribution in [0.4, 0.5) is 0 Å². The van der Waals surface area contributed by atoms with Gasteiger partial charge in [0.25, 0.3) is 0 Å². The van der Waals surface area contributed by atoms with Crippen LogP contribution in [0.1, 0.15) is 18.6 Å². The van der Waals surface area contributed by atoms with Gasteiger partial charge in [-0.25, -0.2) is 0 Å². The number of aromatic nitrogens is 3. The quantitative estimate of drug-likeness (QED) is 0.379. The molecule has 0 aliphatic heterocycles. The van der Waals surface area contributed by atoms with Gasteiger partial charge in [-0.3, -0.25) is 4.99 Å². The minimum absolute atomic E-state index is 0. The molecule has 0 aliphatic carbocycles. The third-order valence-electron chi connectivity index (χ3n) is 3.53. The van der Waals surface area contributed by atoms with Crippen molar-refractivity contribution >= 4 is 41.5 Å². The van der Waals surface area contributed by atoms with Gasteiger partial charge in [-0.1, -0.05) is 11.6 Å². The highest BCUT2D eigenvalue weighted by atomic mass is 127. The number of benzene rings is 1. The fraction of sp³-hybridized carbons (Fsp3) is 0.438. The van der Waals surface area contributed by atoms with Gasteiger partial charge in [0.15, 0.2) is 11.8 Å². The van der Waals surface area contributed by atoms with Crippen LogP contribution in [0.2, 0.25) is 5.02 Å². The smallest absolute Gasteiger partial charge is 0.191 e. The molecule has 2 aromatic rings. The van der Waals surface area contributed by atoms with E-state index in [2.05, 4.69) is 25.8 Å². The normalized spacial score (nSPS) is 12.3. The van der Waals surface area contributed by atoms with E-state index in [0.29, 0.717) is 24.1 Å². The lowest BCUT2D eigenvalue weighted by Gasteiger charge is -2.17. The van der Waals surface area contributed by atoms with Gasteiger partial charge < -0.3 is 19.9 Å². The Morgan fingerprint density at radius 3 is 2.52 bits per heavy atom. The van der Waals surface area contributed by atoms with Gasteiger partial charge in [-0.2, -0.15) is 0 Å². The molecule has 7 nitrogen and oxygen atoms in total. The summed E-state index contributed by atoms with van der Waals surface area (Å²) in [5, 5.41) is 15.3. The van der Waals surface area contributed by atoms with E-state index in [1.165, 1.54) is 0 Å². The first-order valence-electron chi connectivity index (χ1n) is 7.71. The number of hydrogen-bond donors (Lipinski definition) is 2. The average molecular weight is 479 g/mol. The minimum Gasteiger partial charge on any atom is -0.489 e. The largest absolute Gasteiger partial charge is 0.489 e. The van der Waals surface area contributed by atoms with Crippen molar-refractivity contribution < 1.29 is 4.74 Å². The summed E-state index contributed by atoms with van der Waals surface area (Å²) in [5.41, 5.74) is 0. The molecule has 2 rings (SSSR count). The standard InChI is InChI=1S/C16H23ClN6O.HI/c1-11(24-14-7-5-13(17)6-8-14)9-19-16(18-3)20-10-15-22-21-12(2)23(15)4;/h5-8,11H,9-10H2,1-4H3,(H2,18,19,20);1H. The average Bonchev–Trinajstić information content (AvgIpc) is 2.89. The minimum atomic E-state index is -0.0261. The predicted molar refractivity (Wildman–Crippen MR) is 111 cm³/mol. The number of ether oxygens (including phenoxy) is 1. The third kappa shape index (κ3) is 6.69. The van der Waals surface area contributed by atoms with Crippen molar-refractivity contribution in [2.75, 3.05) is 13.6 Å². The molecule has 25 heavy (non-hydrogen) atoms. The third-order valence-corrected chi connectivity index (χ3v) is 3.78. The number of hydrogen-bond acceptors (Lipinski definition) is 4. The Bertz CT molecular complexity index is 688. The summed E-state index contributed by atoms with van der Waals surface area (Å²) in [6.07, 6.45) is -0.0261. The molecule has 0 spiro atoms. The van der Waals surface area contributed by atoms with Crippen LogP contribution in [0.25, 0.3) is 0 Å². The van der Waals surface area contributed by atoms with Crippen molar-refractivity contribution in [1.29, 1.82) is 0 Å². The summed E-state index contributed by atoms with van der Waals surface area (Å²) in [5.74, 6) is 3.19. The Morgan fingerprint density at radius 1 is 1.28 bits per heavy atom. The van der Waals surface area contributed by atoms with Gasteiger partial charge in [0.05, 0.1) is 13.1 Å². The van der Waals surface area contributed by atoms with Crippen LogP contribution >= 0.6 is 35.6 Å². The zero-order valence-electron chi connectivity index (χ0n) is 14.8. The van der Waals surface area contributed by atoms with Crippen LogP contribution in [0, 0.1) is 6.92 Å². The summed E-state index contributed by atoms with van der Waals surface area (Å²) < 4.78 is 7.76. The number of aliphatic imine (C=N–C) groups is 1. The Kier molecular flexibility index (Phi) is 8.98. The summed E-state index contributed by atoms with van der Waals surface area (Å²) in [7, 11) is 3.66. The van der Waals surface area contributed by atoms with Crippen LogP contribution in [0.15, 0.2) is 29.3 Å². The molecule has 0 saturated carbocycles. The first-order chi connectivity index (χ1) is 11.5. The molecule has 2 N–H and O–H groups in total. The van der Waals surface area contributed by atoms with E-state index in [0.717, 1.165) is 17.4 Å². The van der Waals surface area contributed by atoms with Gasteiger partial charge in [0, 0.05) is 19.1 Å². The van der Waals surface area contributed by atoms with E-state index in [-0.39, 0.29) is 30.1 Å². The maximum absolute atomic E-state index is 5.86. The van der Waals surface area contributed by atoms with Crippen LogP contribution in [0.5, 0.6) is 5.75 Å². The fourth-order valence-electron chi connectivity index (χ4n) is 2.02. The van der Waals surface area contributed by atoms with E-state index in [9.17, 15) is 0 Å². The molecule has 1 aromatic carbocycles. The first-order valence-corrected chi connectivity index (χ1v) is 8.09. The molecule has 1 aromatic heterocycles. The van der Waals surface area contributed by atoms with Gasteiger partial charge in [0.2, 0.25) is 0 Å². The van der Waals surface area contributed by atoms with Crippen LogP contribution in [0.3, 0.4) is 0 Å². The molecule has 0 fully saturated rings. The number of aryl methyl sites for hydroxylation is 1. The molecule has 0 aliphatic rings. The summed E-state index contributed by atoms with van der Waals surface area (Å²) in [4.78, 5) is 4.19. The Balaban J connectivity index is 0.00000312. The van der Waals surface area contributed by atoms with Crippen molar-refractivity contribution in [2.24, 2.45) is 12.0 Å². The maximum atomic E-state index is 5.86. The molecular weight excluding hydrogens is 455 g/mol. The molecular formula is C16H24ClIN6O. The molecule has 0 bridgehead atoms. The predicted octanol–water partition coefficient (Wildman–Crippen LogP) is 2.53. The van der Waals surface area contributed by atoms with Crippen molar-refractivity contribution in [1.82, 2.24) is 25.4 Å². The molecule has 138 valence electrons. The highest BCUT2D eigenvalue weighted by Crippen LogP contribution is 2.16.